The number of aliphatic carboxylic acids is 1. The molecule has 0 spiro atoms. The number of carboxylic acids is 1. The van der Waals surface area contributed by atoms with Gasteiger partial charge in [-0.3, -0.25) is 4.79 Å². The van der Waals surface area contributed by atoms with Gasteiger partial charge in [-0.15, -0.1) is 0 Å². The lowest BCUT2D eigenvalue weighted by atomic mass is 9.97. The van der Waals surface area contributed by atoms with Crippen molar-refractivity contribution < 1.29 is 9.90 Å². The third-order valence-corrected chi connectivity index (χ3v) is 3.78. The molecule has 0 unspecified atom stereocenters. The van der Waals surface area contributed by atoms with Crippen molar-refractivity contribution in [3.63, 3.8) is 0 Å². The Balaban J connectivity index is 2.12. The lowest BCUT2D eigenvalue weighted by Crippen LogP contribution is -2.35. The molecule has 104 valence electrons. The molecule has 0 aromatic heterocycles. The van der Waals surface area contributed by atoms with Crippen LogP contribution >= 0.6 is 0 Å². The fraction of sp³-hybridized carbons (Fsp3) is 0.562. The molecule has 1 aliphatic heterocycles. The molecule has 0 aliphatic carbocycles. The number of rotatable bonds is 5. The van der Waals surface area contributed by atoms with E-state index in [9.17, 15) is 4.79 Å². The van der Waals surface area contributed by atoms with Gasteiger partial charge in [0.05, 0.1) is 0 Å². The lowest BCUT2D eigenvalue weighted by Gasteiger charge is -2.35. The highest BCUT2D eigenvalue weighted by atomic mass is 16.4. The Morgan fingerprint density at radius 1 is 1.42 bits per heavy atom. The van der Waals surface area contributed by atoms with Crippen molar-refractivity contribution in [2.45, 2.75) is 52.0 Å². The van der Waals surface area contributed by atoms with Crippen LogP contribution in [0.5, 0.6) is 0 Å². The average Bonchev–Trinajstić information content (AvgIpc) is 2.37. The topological polar surface area (TPSA) is 40.5 Å². The van der Waals surface area contributed by atoms with Crippen LogP contribution in [0.3, 0.4) is 0 Å². The highest BCUT2D eigenvalue weighted by Gasteiger charge is 2.19. The molecule has 19 heavy (non-hydrogen) atoms. The summed E-state index contributed by atoms with van der Waals surface area (Å²) in [4.78, 5) is 13.0. The summed E-state index contributed by atoms with van der Waals surface area (Å²) < 4.78 is 0. The van der Waals surface area contributed by atoms with Gasteiger partial charge in [0.2, 0.25) is 0 Å². The SMILES string of the molecule is CC(C)N1CCCc2ccc(CCCC(=O)O)cc21. The van der Waals surface area contributed by atoms with Crippen molar-refractivity contribution in [1.29, 1.82) is 0 Å². The number of carbonyl (C=O) groups is 1. The molecule has 2 rings (SSSR count). The summed E-state index contributed by atoms with van der Waals surface area (Å²) in [6.45, 7) is 5.58. The van der Waals surface area contributed by atoms with Gasteiger partial charge in [-0.05, 0) is 56.7 Å². The maximum Gasteiger partial charge on any atom is 0.303 e. The van der Waals surface area contributed by atoms with Crippen LogP contribution in [-0.4, -0.2) is 23.7 Å². The first-order valence-corrected chi connectivity index (χ1v) is 7.18. The van der Waals surface area contributed by atoms with Crippen LogP contribution in [-0.2, 0) is 17.6 Å². The largest absolute Gasteiger partial charge is 0.481 e. The molecule has 1 aromatic carbocycles. The Morgan fingerprint density at radius 3 is 2.89 bits per heavy atom. The van der Waals surface area contributed by atoms with Gasteiger partial charge in [0.1, 0.15) is 0 Å². The molecular weight excluding hydrogens is 238 g/mol. The number of benzene rings is 1. The predicted octanol–water partition coefficient (Wildman–Crippen LogP) is 3.25. The number of nitrogens with zero attached hydrogens (tertiary/aromatic N) is 1. The molecule has 3 heteroatoms. The monoisotopic (exact) mass is 261 g/mol. The van der Waals surface area contributed by atoms with E-state index >= 15 is 0 Å². The Kier molecular flexibility index (Phi) is 4.46. The van der Waals surface area contributed by atoms with Gasteiger partial charge in [-0.2, -0.15) is 0 Å². The minimum absolute atomic E-state index is 0.255. The first-order valence-electron chi connectivity index (χ1n) is 7.18. The number of hydrogen-bond donors (Lipinski definition) is 1. The second-order valence-electron chi connectivity index (χ2n) is 5.60. The number of anilines is 1. The highest BCUT2D eigenvalue weighted by Crippen LogP contribution is 2.30. The summed E-state index contributed by atoms with van der Waals surface area (Å²) in [6.07, 6.45) is 4.21. The molecule has 1 aliphatic rings. The Labute approximate surface area is 115 Å². The van der Waals surface area contributed by atoms with Crippen LogP contribution in [0.15, 0.2) is 18.2 Å². The first-order chi connectivity index (χ1) is 9.08. The molecule has 1 heterocycles. The highest BCUT2D eigenvalue weighted by molar-refractivity contribution is 5.66. The van der Waals surface area contributed by atoms with Crippen LogP contribution < -0.4 is 4.90 Å². The second-order valence-corrected chi connectivity index (χ2v) is 5.60. The Morgan fingerprint density at radius 2 is 2.21 bits per heavy atom. The summed E-state index contributed by atoms with van der Waals surface area (Å²) in [5.74, 6) is -0.707. The van der Waals surface area contributed by atoms with Gasteiger partial charge in [0.25, 0.3) is 0 Å². The van der Waals surface area contributed by atoms with E-state index in [1.807, 2.05) is 0 Å². The molecule has 0 bridgehead atoms. The van der Waals surface area contributed by atoms with Gasteiger partial charge >= 0.3 is 5.97 Å². The molecule has 1 aromatic rings. The minimum atomic E-state index is -0.707. The molecule has 0 saturated heterocycles. The van der Waals surface area contributed by atoms with Crippen molar-refractivity contribution in [1.82, 2.24) is 0 Å². The van der Waals surface area contributed by atoms with Crippen molar-refractivity contribution >= 4 is 11.7 Å². The zero-order chi connectivity index (χ0) is 13.8. The Bertz CT molecular complexity index is 454. The van der Waals surface area contributed by atoms with Gasteiger partial charge in [0, 0.05) is 24.7 Å². The van der Waals surface area contributed by atoms with Crippen molar-refractivity contribution in [2.24, 2.45) is 0 Å². The quantitative estimate of drug-likeness (QED) is 0.884. The fourth-order valence-corrected chi connectivity index (χ4v) is 2.78. The van der Waals surface area contributed by atoms with Crippen LogP contribution in [0.25, 0.3) is 0 Å². The van der Waals surface area contributed by atoms with Gasteiger partial charge in [-0.25, -0.2) is 0 Å². The molecule has 1 N–H and O–H groups in total. The van der Waals surface area contributed by atoms with E-state index in [4.69, 9.17) is 5.11 Å². The van der Waals surface area contributed by atoms with Crippen molar-refractivity contribution in [3.05, 3.63) is 29.3 Å². The van der Waals surface area contributed by atoms with Gasteiger partial charge < -0.3 is 10.0 Å². The maximum absolute atomic E-state index is 10.6. The third-order valence-electron chi connectivity index (χ3n) is 3.78. The zero-order valence-electron chi connectivity index (χ0n) is 11.9. The average molecular weight is 261 g/mol. The molecule has 0 radical (unpaired) electrons. The summed E-state index contributed by atoms with van der Waals surface area (Å²) >= 11 is 0. The molecule has 0 atom stereocenters. The first kappa shape index (κ1) is 13.9. The molecule has 0 amide bonds. The number of hydrogen-bond acceptors (Lipinski definition) is 2. The molecule has 0 saturated carbocycles. The van der Waals surface area contributed by atoms with E-state index in [2.05, 4.69) is 36.9 Å². The summed E-state index contributed by atoms with van der Waals surface area (Å²) in [6, 6.07) is 7.16. The summed E-state index contributed by atoms with van der Waals surface area (Å²) in [7, 11) is 0. The zero-order valence-corrected chi connectivity index (χ0v) is 11.9. The molecule has 0 fully saturated rings. The molecule has 3 nitrogen and oxygen atoms in total. The van der Waals surface area contributed by atoms with E-state index in [0.717, 1.165) is 25.8 Å². The van der Waals surface area contributed by atoms with Gasteiger partial charge in [0.15, 0.2) is 0 Å². The van der Waals surface area contributed by atoms with E-state index in [0.29, 0.717) is 6.04 Å². The summed E-state index contributed by atoms with van der Waals surface area (Å²) in [5.41, 5.74) is 4.04. The van der Waals surface area contributed by atoms with E-state index < -0.39 is 5.97 Å². The second kappa shape index (κ2) is 6.09. The van der Waals surface area contributed by atoms with Crippen LogP contribution in [0, 0.1) is 0 Å². The normalized spacial score (nSPS) is 14.6. The maximum atomic E-state index is 10.6. The Hall–Kier alpha value is -1.51. The standard InChI is InChI=1S/C16H23NO2/c1-12(2)17-10-4-6-14-9-8-13(11-15(14)17)5-3-7-16(18)19/h8-9,11-12H,3-7,10H2,1-2H3,(H,18,19). The number of fused-ring (bicyclic) bond motifs is 1. The lowest BCUT2D eigenvalue weighted by molar-refractivity contribution is -0.137. The van der Waals surface area contributed by atoms with Crippen LogP contribution in [0.1, 0.15) is 44.2 Å². The minimum Gasteiger partial charge on any atom is -0.481 e. The van der Waals surface area contributed by atoms with E-state index in [1.165, 1.54) is 23.2 Å². The van der Waals surface area contributed by atoms with Crippen molar-refractivity contribution in [2.75, 3.05) is 11.4 Å². The van der Waals surface area contributed by atoms with Crippen LogP contribution in [0.2, 0.25) is 0 Å². The van der Waals surface area contributed by atoms with Gasteiger partial charge in [-0.1, -0.05) is 12.1 Å². The molecular formula is C16H23NO2. The number of carboxylic acid groups (broad SMARTS) is 1. The van der Waals surface area contributed by atoms with E-state index in [1.54, 1.807) is 0 Å². The fourth-order valence-electron chi connectivity index (χ4n) is 2.78. The smallest absolute Gasteiger partial charge is 0.303 e. The van der Waals surface area contributed by atoms with Crippen LogP contribution in [0.4, 0.5) is 5.69 Å². The summed E-state index contributed by atoms with van der Waals surface area (Å²) in [5, 5.41) is 8.69. The van der Waals surface area contributed by atoms with Crippen molar-refractivity contribution in [3.8, 4) is 0 Å². The van der Waals surface area contributed by atoms with E-state index in [-0.39, 0.29) is 6.42 Å². The number of aryl methyl sites for hydroxylation is 2. The predicted molar refractivity (Wildman–Crippen MR) is 77.8 cm³/mol. The third kappa shape index (κ3) is 3.49.